The molecule has 1 aromatic heterocycles. The molecule has 0 fully saturated rings. The van der Waals surface area contributed by atoms with Crippen molar-refractivity contribution in [3.05, 3.63) is 58.8 Å². The second kappa shape index (κ2) is 6.55. The summed E-state index contributed by atoms with van der Waals surface area (Å²) >= 11 is 0. The average Bonchev–Trinajstić information content (AvgIpc) is 2.63. The molecule has 0 aliphatic carbocycles. The molecule has 0 saturated carbocycles. The van der Waals surface area contributed by atoms with Crippen LogP contribution in [0.2, 0.25) is 0 Å². The van der Waals surface area contributed by atoms with Crippen LogP contribution in [0.3, 0.4) is 0 Å². The van der Waals surface area contributed by atoms with Gasteiger partial charge in [-0.25, -0.2) is 9.78 Å². The number of nitrogens with zero attached hydrogens (tertiary/aromatic N) is 1. The van der Waals surface area contributed by atoms with E-state index < -0.39 is 5.97 Å². The summed E-state index contributed by atoms with van der Waals surface area (Å²) in [4.78, 5) is 16.7. The molecular formula is C21H21NO3. The summed E-state index contributed by atoms with van der Waals surface area (Å²) < 4.78 is 10.4. The van der Waals surface area contributed by atoms with Crippen LogP contribution in [0, 0.1) is 20.8 Å². The number of esters is 1. The Morgan fingerprint density at radius 1 is 0.960 bits per heavy atom. The summed E-state index contributed by atoms with van der Waals surface area (Å²) in [7, 11) is 3.03. The van der Waals surface area contributed by atoms with Crippen LogP contribution in [0.25, 0.3) is 22.0 Å². The maximum atomic E-state index is 12.1. The Morgan fingerprint density at radius 2 is 1.68 bits per heavy atom. The zero-order chi connectivity index (χ0) is 18.1. The second-order valence-corrected chi connectivity index (χ2v) is 6.10. The Morgan fingerprint density at radius 3 is 2.36 bits per heavy atom. The molecule has 3 rings (SSSR count). The Bertz CT molecular complexity index is 977. The number of ether oxygens (including phenoxy) is 2. The maximum Gasteiger partial charge on any atom is 0.356 e. The third-order valence-electron chi connectivity index (χ3n) is 4.56. The van der Waals surface area contributed by atoms with Crippen molar-refractivity contribution in [3.8, 4) is 16.9 Å². The molecule has 0 aliphatic rings. The lowest BCUT2D eigenvalue weighted by Crippen LogP contribution is -2.06. The largest absolute Gasteiger partial charge is 0.496 e. The van der Waals surface area contributed by atoms with E-state index in [0.29, 0.717) is 5.69 Å². The summed E-state index contributed by atoms with van der Waals surface area (Å²) in [5.41, 5.74) is 6.26. The number of carbonyl (C=O) groups is 1. The van der Waals surface area contributed by atoms with Gasteiger partial charge in [0.25, 0.3) is 0 Å². The van der Waals surface area contributed by atoms with Gasteiger partial charge in [-0.3, -0.25) is 0 Å². The zero-order valence-electron chi connectivity index (χ0n) is 15.1. The molecule has 4 nitrogen and oxygen atoms in total. The van der Waals surface area contributed by atoms with Crippen molar-refractivity contribution in [3.63, 3.8) is 0 Å². The molecule has 0 atom stereocenters. The van der Waals surface area contributed by atoms with Crippen molar-refractivity contribution < 1.29 is 14.3 Å². The topological polar surface area (TPSA) is 48.4 Å². The minimum atomic E-state index is -0.440. The first-order valence-corrected chi connectivity index (χ1v) is 8.11. The number of aryl methyl sites for hydroxylation is 2. The van der Waals surface area contributed by atoms with Gasteiger partial charge in [-0.05, 0) is 60.7 Å². The average molecular weight is 335 g/mol. The van der Waals surface area contributed by atoms with E-state index in [1.54, 1.807) is 7.11 Å². The Hall–Kier alpha value is -2.88. The first-order chi connectivity index (χ1) is 12.0. The van der Waals surface area contributed by atoms with Crippen LogP contribution in [0.15, 0.2) is 36.4 Å². The predicted octanol–water partition coefficient (Wildman–Crippen LogP) is 4.62. The molecule has 0 radical (unpaired) electrons. The lowest BCUT2D eigenvalue weighted by atomic mass is 9.92. The van der Waals surface area contributed by atoms with Crippen molar-refractivity contribution in [2.75, 3.05) is 14.2 Å². The standard InChI is InChI=1S/C21H21NO3/c1-12-9-10-13(2)20-19(12)16(11-17(22-20)21(23)25-5)15-7-6-8-18(24-4)14(15)3/h6-11H,1-5H3. The third kappa shape index (κ3) is 2.84. The van der Waals surface area contributed by atoms with Crippen LogP contribution < -0.4 is 4.74 Å². The number of hydrogen-bond acceptors (Lipinski definition) is 4. The Labute approximate surface area is 147 Å². The molecule has 0 unspecified atom stereocenters. The van der Waals surface area contributed by atoms with Crippen LogP contribution in [-0.2, 0) is 4.74 Å². The van der Waals surface area contributed by atoms with Gasteiger partial charge in [-0.15, -0.1) is 0 Å². The van der Waals surface area contributed by atoms with E-state index in [1.807, 2.05) is 44.2 Å². The summed E-state index contributed by atoms with van der Waals surface area (Å²) in [6, 6.07) is 11.8. The van der Waals surface area contributed by atoms with E-state index in [0.717, 1.165) is 44.5 Å². The molecule has 0 spiro atoms. The molecule has 0 N–H and O–H groups in total. The number of carbonyl (C=O) groups excluding carboxylic acids is 1. The van der Waals surface area contributed by atoms with E-state index in [9.17, 15) is 4.79 Å². The van der Waals surface area contributed by atoms with Crippen molar-refractivity contribution in [2.24, 2.45) is 0 Å². The third-order valence-corrected chi connectivity index (χ3v) is 4.56. The Kier molecular flexibility index (Phi) is 4.45. The minimum absolute atomic E-state index is 0.306. The number of methoxy groups -OCH3 is 2. The van der Waals surface area contributed by atoms with Gasteiger partial charge < -0.3 is 9.47 Å². The summed E-state index contributed by atoms with van der Waals surface area (Å²) in [6.45, 7) is 6.07. The lowest BCUT2D eigenvalue weighted by Gasteiger charge is -2.16. The molecule has 0 aliphatic heterocycles. The van der Waals surface area contributed by atoms with Crippen molar-refractivity contribution in [1.29, 1.82) is 0 Å². The summed E-state index contributed by atoms with van der Waals surface area (Å²) in [5.74, 6) is 0.372. The van der Waals surface area contributed by atoms with Crippen molar-refractivity contribution >= 4 is 16.9 Å². The summed E-state index contributed by atoms with van der Waals surface area (Å²) in [6.07, 6.45) is 0. The number of aromatic nitrogens is 1. The molecule has 4 heteroatoms. The monoisotopic (exact) mass is 335 g/mol. The first kappa shape index (κ1) is 17.0. The van der Waals surface area contributed by atoms with E-state index in [2.05, 4.69) is 18.0 Å². The quantitative estimate of drug-likeness (QED) is 0.655. The number of pyridine rings is 1. The molecule has 0 bridgehead atoms. The SMILES string of the molecule is COC(=O)c1cc(-c2cccc(OC)c2C)c2c(C)ccc(C)c2n1. The number of fused-ring (bicyclic) bond motifs is 1. The molecular weight excluding hydrogens is 314 g/mol. The molecule has 1 heterocycles. The minimum Gasteiger partial charge on any atom is -0.496 e. The van der Waals surface area contributed by atoms with Crippen molar-refractivity contribution in [1.82, 2.24) is 4.98 Å². The van der Waals surface area contributed by atoms with E-state index in [-0.39, 0.29) is 0 Å². The fraction of sp³-hybridized carbons (Fsp3) is 0.238. The highest BCUT2D eigenvalue weighted by Gasteiger charge is 2.18. The van der Waals surface area contributed by atoms with E-state index >= 15 is 0 Å². The van der Waals surface area contributed by atoms with Crippen LogP contribution in [0.5, 0.6) is 5.75 Å². The fourth-order valence-electron chi connectivity index (χ4n) is 3.19. The van der Waals surface area contributed by atoms with Gasteiger partial charge in [0, 0.05) is 5.39 Å². The van der Waals surface area contributed by atoms with Crippen LogP contribution in [0.1, 0.15) is 27.2 Å². The van der Waals surface area contributed by atoms with Gasteiger partial charge in [-0.2, -0.15) is 0 Å². The summed E-state index contributed by atoms with van der Waals surface area (Å²) in [5, 5.41) is 1.05. The molecule has 0 amide bonds. The highest BCUT2D eigenvalue weighted by Crippen LogP contribution is 2.37. The molecule has 25 heavy (non-hydrogen) atoms. The number of hydrogen-bond donors (Lipinski definition) is 0. The van der Waals surface area contributed by atoms with Gasteiger partial charge in [0.2, 0.25) is 0 Å². The van der Waals surface area contributed by atoms with Gasteiger partial charge in [0.1, 0.15) is 11.4 Å². The molecule has 3 aromatic rings. The first-order valence-electron chi connectivity index (χ1n) is 8.11. The zero-order valence-corrected chi connectivity index (χ0v) is 15.1. The smallest absolute Gasteiger partial charge is 0.356 e. The van der Waals surface area contributed by atoms with E-state index in [4.69, 9.17) is 9.47 Å². The van der Waals surface area contributed by atoms with Crippen molar-refractivity contribution in [2.45, 2.75) is 20.8 Å². The normalized spacial score (nSPS) is 10.8. The van der Waals surface area contributed by atoms with Gasteiger partial charge >= 0.3 is 5.97 Å². The van der Waals surface area contributed by atoms with Gasteiger partial charge in [0.15, 0.2) is 0 Å². The Balaban J connectivity index is 2.45. The van der Waals surface area contributed by atoms with Crippen LogP contribution in [-0.4, -0.2) is 25.2 Å². The molecule has 0 saturated heterocycles. The van der Waals surface area contributed by atoms with Gasteiger partial charge in [-0.1, -0.05) is 24.3 Å². The predicted molar refractivity (Wildman–Crippen MR) is 99.3 cm³/mol. The highest BCUT2D eigenvalue weighted by molar-refractivity contribution is 6.02. The van der Waals surface area contributed by atoms with E-state index in [1.165, 1.54) is 7.11 Å². The van der Waals surface area contributed by atoms with Crippen LogP contribution >= 0.6 is 0 Å². The number of benzene rings is 2. The molecule has 2 aromatic carbocycles. The second-order valence-electron chi connectivity index (χ2n) is 6.10. The van der Waals surface area contributed by atoms with Gasteiger partial charge in [0.05, 0.1) is 19.7 Å². The highest BCUT2D eigenvalue weighted by atomic mass is 16.5. The molecule has 128 valence electrons. The number of rotatable bonds is 3. The van der Waals surface area contributed by atoms with Crippen LogP contribution in [0.4, 0.5) is 0 Å². The fourth-order valence-corrected chi connectivity index (χ4v) is 3.19. The lowest BCUT2D eigenvalue weighted by molar-refractivity contribution is 0.0594. The maximum absolute atomic E-state index is 12.1.